The first-order valence-electron chi connectivity index (χ1n) is 8.99. The van der Waals surface area contributed by atoms with E-state index in [2.05, 4.69) is 54.3 Å². The summed E-state index contributed by atoms with van der Waals surface area (Å²) in [5.74, 6) is 0.359. The minimum Gasteiger partial charge on any atom is -0.385 e. The minimum atomic E-state index is 0.0655. The Bertz CT molecular complexity index is 692. The van der Waals surface area contributed by atoms with Gasteiger partial charge in [0.25, 0.3) is 0 Å². The van der Waals surface area contributed by atoms with Gasteiger partial charge in [-0.15, -0.1) is 0 Å². The Labute approximate surface area is 144 Å². The number of ether oxygens (including phenoxy) is 1. The van der Waals surface area contributed by atoms with Gasteiger partial charge in [0.2, 0.25) is 5.91 Å². The number of hydrogen-bond acceptors (Lipinski definition) is 2. The van der Waals surface area contributed by atoms with Gasteiger partial charge in [0.15, 0.2) is 0 Å². The van der Waals surface area contributed by atoms with Crippen LogP contribution in [0.25, 0.3) is 10.8 Å². The first-order valence-corrected chi connectivity index (χ1v) is 8.99. The molecule has 0 radical (unpaired) electrons. The van der Waals surface area contributed by atoms with Crippen LogP contribution in [-0.2, 0) is 9.53 Å². The molecule has 0 N–H and O–H groups in total. The Kier molecular flexibility index (Phi) is 5.52. The predicted octanol–water partition coefficient (Wildman–Crippen LogP) is 4.57. The Morgan fingerprint density at radius 3 is 2.88 bits per heavy atom. The fraction of sp³-hybridized carbons (Fsp3) is 0.476. The summed E-state index contributed by atoms with van der Waals surface area (Å²) in [4.78, 5) is 15.1. The number of carbonyl (C=O) groups is 1. The number of fused-ring (bicyclic) bond motifs is 1. The third-order valence-electron chi connectivity index (χ3n) is 5.13. The van der Waals surface area contributed by atoms with Crippen molar-refractivity contribution < 1.29 is 9.53 Å². The van der Waals surface area contributed by atoms with Crippen LogP contribution in [0.4, 0.5) is 0 Å². The fourth-order valence-electron chi connectivity index (χ4n) is 3.84. The Morgan fingerprint density at radius 1 is 1.25 bits per heavy atom. The van der Waals surface area contributed by atoms with Crippen molar-refractivity contribution in [2.45, 2.75) is 38.6 Å². The van der Waals surface area contributed by atoms with Gasteiger partial charge < -0.3 is 9.64 Å². The molecule has 1 heterocycles. The molecule has 3 heteroatoms. The molecule has 1 fully saturated rings. The zero-order valence-corrected chi connectivity index (χ0v) is 14.7. The van der Waals surface area contributed by atoms with Crippen LogP contribution in [0.5, 0.6) is 0 Å². The first kappa shape index (κ1) is 17.0. The highest BCUT2D eigenvalue weighted by atomic mass is 16.5. The van der Waals surface area contributed by atoms with Gasteiger partial charge in [0.1, 0.15) is 0 Å². The summed E-state index contributed by atoms with van der Waals surface area (Å²) in [6, 6.07) is 15.1. The highest BCUT2D eigenvalue weighted by Crippen LogP contribution is 2.37. The molecule has 3 rings (SSSR count). The Hall–Kier alpha value is -1.87. The number of hydrogen-bond donors (Lipinski definition) is 0. The van der Waals surface area contributed by atoms with Crippen LogP contribution >= 0.6 is 0 Å². The van der Waals surface area contributed by atoms with Gasteiger partial charge >= 0.3 is 0 Å². The summed E-state index contributed by atoms with van der Waals surface area (Å²) in [7, 11) is 1.71. The van der Waals surface area contributed by atoms with E-state index in [0.29, 0.717) is 5.91 Å². The maximum Gasteiger partial charge on any atom is 0.225 e. The monoisotopic (exact) mass is 325 g/mol. The van der Waals surface area contributed by atoms with Crippen molar-refractivity contribution in [3.8, 4) is 0 Å². The molecule has 0 saturated carbocycles. The van der Waals surface area contributed by atoms with Gasteiger partial charge in [0.05, 0.1) is 6.04 Å². The number of methoxy groups -OCH3 is 1. The van der Waals surface area contributed by atoms with Gasteiger partial charge in [-0.1, -0.05) is 49.4 Å². The first-order chi connectivity index (χ1) is 11.7. The summed E-state index contributed by atoms with van der Waals surface area (Å²) in [6.45, 7) is 3.65. The van der Waals surface area contributed by atoms with Gasteiger partial charge in [0, 0.05) is 26.2 Å². The lowest BCUT2D eigenvalue weighted by atomic mass is 9.96. The Morgan fingerprint density at radius 2 is 2.04 bits per heavy atom. The third-order valence-corrected chi connectivity index (χ3v) is 5.13. The zero-order chi connectivity index (χ0) is 16.9. The minimum absolute atomic E-state index is 0.0655. The van der Waals surface area contributed by atoms with Crippen LogP contribution in [0, 0.1) is 5.92 Å². The normalized spacial score (nSPS) is 18.9. The molecule has 1 aliphatic rings. The maximum atomic E-state index is 12.9. The van der Waals surface area contributed by atoms with Gasteiger partial charge in [-0.2, -0.15) is 0 Å². The highest BCUT2D eigenvalue weighted by molar-refractivity contribution is 5.87. The number of rotatable bonds is 6. The maximum absolute atomic E-state index is 12.9. The van der Waals surface area contributed by atoms with E-state index in [-0.39, 0.29) is 12.0 Å². The van der Waals surface area contributed by atoms with E-state index in [0.717, 1.165) is 38.8 Å². The van der Waals surface area contributed by atoms with Crippen molar-refractivity contribution in [1.82, 2.24) is 4.90 Å². The number of carbonyl (C=O) groups excluding carboxylic acids is 1. The van der Waals surface area contributed by atoms with E-state index in [1.165, 1.54) is 16.3 Å². The average Bonchev–Trinajstić information content (AvgIpc) is 3.10. The molecule has 2 aromatic rings. The van der Waals surface area contributed by atoms with E-state index in [1.807, 2.05) is 0 Å². The van der Waals surface area contributed by atoms with E-state index in [9.17, 15) is 4.79 Å². The lowest BCUT2D eigenvalue weighted by Crippen LogP contribution is -2.35. The number of nitrogens with zero attached hydrogens (tertiary/aromatic N) is 1. The zero-order valence-electron chi connectivity index (χ0n) is 14.7. The molecule has 2 atom stereocenters. The number of benzene rings is 2. The standard InChI is InChI=1S/C21H27NO2/c1-16(8-7-15-24-2)21(23)22-14-6-13-20(22)19-12-5-10-17-9-3-4-11-18(17)19/h3-5,9-12,16,20H,6-8,13-15H2,1-2H3/t16-,20-/m1/s1. The summed E-state index contributed by atoms with van der Waals surface area (Å²) >= 11 is 0. The summed E-state index contributed by atoms with van der Waals surface area (Å²) in [6.07, 6.45) is 3.98. The van der Waals surface area contributed by atoms with Crippen molar-refractivity contribution in [3.63, 3.8) is 0 Å². The summed E-state index contributed by atoms with van der Waals surface area (Å²) in [5.41, 5.74) is 1.29. The van der Waals surface area contributed by atoms with Crippen molar-refractivity contribution in [1.29, 1.82) is 0 Å². The van der Waals surface area contributed by atoms with Crippen LogP contribution in [-0.4, -0.2) is 31.1 Å². The second-order valence-corrected chi connectivity index (χ2v) is 6.79. The van der Waals surface area contributed by atoms with Crippen LogP contribution in [0.15, 0.2) is 42.5 Å². The second-order valence-electron chi connectivity index (χ2n) is 6.79. The Balaban J connectivity index is 1.81. The molecule has 1 saturated heterocycles. The SMILES string of the molecule is COCCC[C@@H](C)C(=O)N1CCC[C@@H]1c1cccc2ccccc12. The third kappa shape index (κ3) is 3.46. The highest BCUT2D eigenvalue weighted by Gasteiger charge is 2.32. The molecule has 0 aliphatic carbocycles. The van der Waals surface area contributed by atoms with Crippen LogP contribution in [0.3, 0.4) is 0 Å². The topological polar surface area (TPSA) is 29.5 Å². The summed E-state index contributed by atoms with van der Waals surface area (Å²) in [5, 5.41) is 2.53. The molecule has 3 nitrogen and oxygen atoms in total. The van der Waals surface area contributed by atoms with E-state index in [4.69, 9.17) is 4.74 Å². The van der Waals surface area contributed by atoms with Crippen LogP contribution in [0.2, 0.25) is 0 Å². The quantitative estimate of drug-likeness (QED) is 0.728. The van der Waals surface area contributed by atoms with Gasteiger partial charge in [-0.3, -0.25) is 4.79 Å². The number of amides is 1. The fourth-order valence-corrected chi connectivity index (χ4v) is 3.84. The molecule has 0 unspecified atom stereocenters. The molecule has 0 spiro atoms. The molecule has 2 aromatic carbocycles. The van der Waals surface area contributed by atoms with Crippen molar-refractivity contribution in [3.05, 3.63) is 48.0 Å². The molecule has 1 amide bonds. The smallest absolute Gasteiger partial charge is 0.225 e. The predicted molar refractivity (Wildman–Crippen MR) is 97.9 cm³/mol. The van der Waals surface area contributed by atoms with E-state index >= 15 is 0 Å². The average molecular weight is 325 g/mol. The lowest BCUT2D eigenvalue weighted by molar-refractivity contribution is -0.136. The van der Waals surface area contributed by atoms with Gasteiger partial charge in [-0.05, 0) is 42.0 Å². The van der Waals surface area contributed by atoms with Crippen molar-refractivity contribution in [2.24, 2.45) is 5.92 Å². The number of likely N-dealkylation sites (tertiary alicyclic amines) is 1. The molecule has 0 aromatic heterocycles. The summed E-state index contributed by atoms with van der Waals surface area (Å²) < 4.78 is 5.11. The lowest BCUT2D eigenvalue weighted by Gasteiger charge is -2.28. The van der Waals surface area contributed by atoms with E-state index < -0.39 is 0 Å². The second kappa shape index (κ2) is 7.80. The van der Waals surface area contributed by atoms with Crippen LogP contribution < -0.4 is 0 Å². The van der Waals surface area contributed by atoms with Crippen molar-refractivity contribution in [2.75, 3.05) is 20.3 Å². The molecule has 0 bridgehead atoms. The van der Waals surface area contributed by atoms with Gasteiger partial charge in [-0.25, -0.2) is 0 Å². The van der Waals surface area contributed by atoms with Crippen molar-refractivity contribution >= 4 is 16.7 Å². The molecular weight excluding hydrogens is 298 g/mol. The van der Waals surface area contributed by atoms with Crippen LogP contribution in [0.1, 0.15) is 44.2 Å². The molecule has 128 valence electrons. The molecular formula is C21H27NO2. The molecule has 24 heavy (non-hydrogen) atoms. The van der Waals surface area contributed by atoms with E-state index in [1.54, 1.807) is 7.11 Å². The molecule has 1 aliphatic heterocycles. The largest absolute Gasteiger partial charge is 0.385 e.